The Balaban J connectivity index is 1.29. The molecule has 0 radical (unpaired) electrons. The second-order valence-corrected chi connectivity index (χ2v) is 13.0. The number of carboxylic acid groups (broad SMARTS) is 2. The second kappa shape index (κ2) is 18.5. The summed E-state index contributed by atoms with van der Waals surface area (Å²) in [5.74, 6) is -0.851. The van der Waals surface area contributed by atoms with E-state index in [-0.39, 0.29) is 29.2 Å². The van der Waals surface area contributed by atoms with E-state index in [4.69, 9.17) is 28.4 Å². The van der Waals surface area contributed by atoms with E-state index in [0.717, 1.165) is 69.2 Å². The van der Waals surface area contributed by atoms with Crippen molar-refractivity contribution in [3.63, 3.8) is 0 Å². The molecule has 290 valence electrons. The first-order valence-electron chi connectivity index (χ1n) is 17.8. The predicted molar refractivity (Wildman–Crippen MR) is 201 cm³/mol. The molecule has 2 aliphatic heterocycles. The van der Waals surface area contributed by atoms with Crippen LogP contribution in [-0.2, 0) is 22.4 Å². The Labute approximate surface area is 315 Å². The predicted octanol–water partition coefficient (Wildman–Crippen LogP) is 4.42. The fourth-order valence-corrected chi connectivity index (χ4v) is 7.08. The van der Waals surface area contributed by atoms with E-state index in [2.05, 4.69) is 15.9 Å². The zero-order valence-electron chi connectivity index (χ0n) is 31.5. The third-order valence-electron chi connectivity index (χ3n) is 9.84. The fourth-order valence-electron chi connectivity index (χ4n) is 7.08. The molecule has 3 aromatic carbocycles. The molecule has 54 heavy (non-hydrogen) atoms. The Morgan fingerprint density at radius 2 is 1.41 bits per heavy atom. The summed E-state index contributed by atoms with van der Waals surface area (Å²) in [6.45, 7) is 5.88. The number of amides is 1. The largest absolute Gasteiger partial charge is 0.493 e. The fraction of sp³-hybridized carbons (Fsp3) is 0.425. The molecular formula is C40H49N3O11. The topological polar surface area (TPSA) is 157 Å². The minimum atomic E-state index is -1.44. The van der Waals surface area contributed by atoms with Crippen LogP contribution in [0, 0.1) is 0 Å². The van der Waals surface area contributed by atoms with E-state index >= 15 is 0 Å². The lowest BCUT2D eigenvalue weighted by atomic mass is 9.89. The van der Waals surface area contributed by atoms with Crippen LogP contribution < -0.4 is 33.3 Å². The quantitative estimate of drug-likeness (QED) is 0.148. The van der Waals surface area contributed by atoms with Gasteiger partial charge in [-0.15, -0.1) is 0 Å². The van der Waals surface area contributed by atoms with E-state index in [0.29, 0.717) is 30.5 Å². The van der Waals surface area contributed by atoms with Crippen molar-refractivity contribution >= 4 is 23.5 Å². The number of fused-ring (bicyclic) bond motifs is 1. The van der Waals surface area contributed by atoms with E-state index in [1.165, 1.54) is 43.9 Å². The van der Waals surface area contributed by atoms with Crippen molar-refractivity contribution in [1.82, 2.24) is 9.80 Å². The van der Waals surface area contributed by atoms with Crippen LogP contribution in [0.15, 0.2) is 60.2 Å². The summed E-state index contributed by atoms with van der Waals surface area (Å²) in [6, 6.07) is 13.3. The normalized spacial score (nSPS) is 16.3. The molecule has 0 bridgehead atoms. The van der Waals surface area contributed by atoms with Gasteiger partial charge in [-0.2, -0.15) is 0 Å². The first kappa shape index (κ1) is 39.7. The molecule has 0 spiro atoms. The third kappa shape index (κ3) is 9.18. The van der Waals surface area contributed by atoms with Crippen molar-refractivity contribution < 1.29 is 53.0 Å². The summed E-state index contributed by atoms with van der Waals surface area (Å²) in [5, 5.41) is 19.7. The van der Waals surface area contributed by atoms with Gasteiger partial charge >= 0.3 is 11.9 Å². The van der Waals surface area contributed by atoms with Crippen molar-refractivity contribution in [3.8, 4) is 34.5 Å². The molecule has 2 heterocycles. The summed E-state index contributed by atoms with van der Waals surface area (Å²) >= 11 is 0. The van der Waals surface area contributed by atoms with E-state index in [1.807, 2.05) is 24.3 Å². The molecule has 14 nitrogen and oxygen atoms in total. The monoisotopic (exact) mass is 747 g/mol. The van der Waals surface area contributed by atoms with Gasteiger partial charge in [-0.1, -0.05) is 18.2 Å². The highest BCUT2D eigenvalue weighted by atomic mass is 16.5. The van der Waals surface area contributed by atoms with Gasteiger partial charge in [0.25, 0.3) is 5.91 Å². The van der Waals surface area contributed by atoms with Crippen LogP contribution in [0.25, 0.3) is 0 Å². The van der Waals surface area contributed by atoms with Crippen molar-refractivity contribution in [1.29, 1.82) is 0 Å². The minimum absolute atomic E-state index is 0.125. The summed E-state index contributed by atoms with van der Waals surface area (Å²) in [6.07, 6.45) is 2.86. The number of hydrogen-bond acceptors (Lipinski definition) is 11. The van der Waals surface area contributed by atoms with Crippen molar-refractivity contribution in [2.45, 2.75) is 31.7 Å². The van der Waals surface area contributed by atoms with Gasteiger partial charge in [0.1, 0.15) is 5.75 Å². The zero-order chi connectivity index (χ0) is 38.8. The average Bonchev–Trinajstić information content (AvgIpc) is 3.19. The van der Waals surface area contributed by atoms with Gasteiger partial charge < -0.3 is 48.4 Å². The lowest BCUT2D eigenvalue weighted by Gasteiger charge is -2.38. The summed E-state index contributed by atoms with van der Waals surface area (Å²) in [5.41, 5.74) is 2.07. The molecule has 0 aliphatic carbocycles. The highest BCUT2D eigenvalue weighted by Crippen LogP contribution is 2.44. The third-order valence-corrected chi connectivity index (χ3v) is 9.84. The Hall–Kier alpha value is -5.47. The van der Waals surface area contributed by atoms with Gasteiger partial charge in [-0.05, 0) is 67.1 Å². The van der Waals surface area contributed by atoms with Gasteiger partial charge in [-0.25, -0.2) is 9.59 Å². The molecule has 1 fully saturated rings. The number of carbonyl (C=O) groups is 3. The molecule has 0 saturated carbocycles. The van der Waals surface area contributed by atoms with Crippen LogP contribution in [0.1, 0.15) is 34.3 Å². The van der Waals surface area contributed by atoms with E-state index in [1.54, 1.807) is 20.3 Å². The van der Waals surface area contributed by atoms with Crippen LogP contribution in [0.4, 0.5) is 5.69 Å². The highest BCUT2D eigenvalue weighted by molar-refractivity contribution is 6.11. The van der Waals surface area contributed by atoms with Crippen molar-refractivity contribution in [2.24, 2.45) is 0 Å². The number of rotatable bonds is 17. The average molecular weight is 748 g/mol. The molecule has 3 aromatic rings. The number of anilines is 1. The lowest BCUT2D eigenvalue weighted by molar-refractivity contribution is -0.135. The number of aliphatic carboxylic acids is 2. The number of benzene rings is 3. The number of ether oxygens (including phenoxy) is 6. The number of hydrogen-bond donors (Lipinski definition) is 2. The Bertz CT molecular complexity index is 1810. The molecule has 2 N–H and O–H groups in total. The molecule has 1 amide bonds. The first-order valence-corrected chi connectivity index (χ1v) is 17.8. The van der Waals surface area contributed by atoms with Gasteiger partial charge in [-0.3, -0.25) is 9.69 Å². The van der Waals surface area contributed by atoms with Gasteiger partial charge in [0.05, 0.1) is 59.5 Å². The molecular weight excluding hydrogens is 698 g/mol. The maximum absolute atomic E-state index is 14.5. The molecule has 1 saturated heterocycles. The number of para-hydroxylation sites is 1. The van der Waals surface area contributed by atoms with Crippen LogP contribution in [0.3, 0.4) is 0 Å². The highest BCUT2D eigenvalue weighted by Gasteiger charge is 2.39. The Kier molecular flexibility index (Phi) is 13.6. The maximum atomic E-state index is 14.5. The molecule has 5 rings (SSSR count). The van der Waals surface area contributed by atoms with Crippen LogP contribution in [0.5, 0.6) is 34.5 Å². The SMILES string of the molecule is COc1ccc(CCN2CCN(CCCOc3cccc4c3N(C(=O)c3cc(OC)c(OC)c(OC)c3)C(/C(=C\C(=O)O)C(=O)O)CC4)CC2)cc1OC. The van der Waals surface area contributed by atoms with Crippen molar-refractivity contribution in [3.05, 3.63) is 76.9 Å². The summed E-state index contributed by atoms with van der Waals surface area (Å²) in [4.78, 5) is 45.0. The van der Waals surface area contributed by atoms with E-state index < -0.39 is 29.5 Å². The molecule has 1 unspecified atom stereocenters. The molecule has 0 aromatic heterocycles. The second-order valence-electron chi connectivity index (χ2n) is 13.0. The van der Waals surface area contributed by atoms with Crippen LogP contribution >= 0.6 is 0 Å². The zero-order valence-corrected chi connectivity index (χ0v) is 31.5. The number of piperazine rings is 1. The maximum Gasteiger partial charge on any atom is 0.333 e. The minimum Gasteiger partial charge on any atom is -0.493 e. The van der Waals surface area contributed by atoms with Gasteiger partial charge in [0.15, 0.2) is 23.0 Å². The number of carbonyl (C=O) groups excluding carboxylic acids is 1. The smallest absolute Gasteiger partial charge is 0.333 e. The standard InChI is InChI=1S/C40H49N3O11/c1-49-31-13-10-26(22-33(31)50-2)14-16-42-19-17-41(18-20-42)15-7-21-54-32-9-6-8-27-11-12-30(29(40(47)48)25-36(44)45)43(37(27)32)39(46)28-23-34(51-3)38(53-5)35(24-28)52-4/h6,8-10,13,22-25,30H,7,11-12,14-21H2,1-5H3,(H,44,45)(H,47,48)/b29-25+. The first-order chi connectivity index (χ1) is 26.1. The number of methoxy groups -OCH3 is 5. The van der Waals surface area contributed by atoms with Crippen LogP contribution in [-0.4, -0.2) is 125 Å². The van der Waals surface area contributed by atoms with Gasteiger partial charge in [0, 0.05) is 50.9 Å². The summed E-state index contributed by atoms with van der Waals surface area (Å²) in [7, 11) is 7.57. The number of carboxylic acids is 2. The number of nitrogens with zero attached hydrogens (tertiary/aromatic N) is 3. The van der Waals surface area contributed by atoms with Gasteiger partial charge in [0.2, 0.25) is 5.75 Å². The summed E-state index contributed by atoms with van der Waals surface area (Å²) < 4.78 is 33.6. The molecule has 14 heteroatoms. The Morgan fingerprint density at radius 1 is 0.759 bits per heavy atom. The van der Waals surface area contributed by atoms with E-state index in [9.17, 15) is 24.6 Å². The Morgan fingerprint density at radius 3 is 2.00 bits per heavy atom. The number of aryl methyl sites for hydroxylation is 1. The van der Waals surface area contributed by atoms with Crippen LogP contribution in [0.2, 0.25) is 0 Å². The molecule has 1 atom stereocenters. The molecule has 2 aliphatic rings. The lowest BCUT2D eigenvalue weighted by Crippen LogP contribution is -2.47. The van der Waals surface area contributed by atoms with Crippen molar-refractivity contribution in [2.75, 3.05) is 86.3 Å².